The highest BCUT2D eigenvalue weighted by Crippen LogP contribution is 2.33. The molecule has 1 aliphatic rings. The van der Waals surface area contributed by atoms with Crippen molar-refractivity contribution in [3.8, 4) is 11.1 Å². The molecule has 0 atom stereocenters. The summed E-state index contributed by atoms with van der Waals surface area (Å²) < 4.78 is 0. The molecular formula is C29H35N5O3. The fraction of sp³-hybridized carbons (Fsp3) is 0.310. The third-order valence-corrected chi connectivity index (χ3v) is 6.01. The maximum Gasteiger partial charge on any atom is 0.250 e. The second-order valence-corrected chi connectivity index (χ2v) is 9.17. The summed E-state index contributed by atoms with van der Waals surface area (Å²) in [6, 6.07) is 11.4. The molecule has 0 saturated heterocycles. The molecule has 1 aliphatic heterocycles. The lowest BCUT2D eigenvalue weighted by atomic mass is 9.97. The van der Waals surface area contributed by atoms with E-state index in [1.165, 1.54) is 0 Å². The molecule has 37 heavy (non-hydrogen) atoms. The number of primary amides is 1. The van der Waals surface area contributed by atoms with Gasteiger partial charge in [0.2, 0.25) is 11.8 Å². The normalized spacial score (nSPS) is 12.8. The third-order valence-electron chi connectivity index (χ3n) is 6.01. The highest BCUT2D eigenvalue weighted by atomic mass is 16.2. The molecule has 8 nitrogen and oxygen atoms in total. The zero-order chi connectivity index (χ0) is 26.9. The first-order valence-electron chi connectivity index (χ1n) is 12.5. The van der Waals surface area contributed by atoms with Gasteiger partial charge in [-0.25, -0.2) is 4.99 Å². The number of hydrogen-bond acceptors (Lipinski definition) is 6. The van der Waals surface area contributed by atoms with Gasteiger partial charge in [-0.2, -0.15) is 0 Å². The van der Waals surface area contributed by atoms with Crippen molar-refractivity contribution < 1.29 is 14.4 Å². The Kier molecular flexibility index (Phi) is 9.38. The molecule has 2 aromatic carbocycles. The number of amidine groups is 1. The van der Waals surface area contributed by atoms with Gasteiger partial charge < -0.3 is 21.3 Å². The molecule has 194 valence electrons. The number of benzene rings is 2. The first kappa shape index (κ1) is 27.4. The van der Waals surface area contributed by atoms with Gasteiger partial charge in [-0.15, -0.1) is 0 Å². The monoisotopic (exact) mass is 501 g/mol. The van der Waals surface area contributed by atoms with Crippen molar-refractivity contribution in [3.63, 3.8) is 0 Å². The van der Waals surface area contributed by atoms with E-state index in [1.807, 2.05) is 41.3 Å². The Balaban J connectivity index is 1.96. The molecule has 0 aliphatic carbocycles. The zero-order valence-electron chi connectivity index (χ0n) is 21.7. The number of carbonyl (C=O) groups excluding carboxylic acids is 3. The van der Waals surface area contributed by atoms with Crippen LogP contribution in [0.5, 0.6) is 0 Å². The third kappa shape index (κ3) is 7.16. The molecule has 0 radical (unpaired) electrons. The number of fused-ring (bicyclic) bond motifs is 1. The fourth-order valence-electron chi connectivity index (χ4n) is 4.28. The molecule has 1 heterocycles. The van der Waals surface area contributed by atoms with Gasteiger partial charge >= 0.3 is 0 Å². The Hall–Kier alpha value is -4.20. The van der Waals surface area contributed by atoms with Crippen molar-refractivity contribution in [1.82, 2.24) is 9.80 Å². The number of aliphatic imine (C=N–C) groups is 1. The van der Waals surface area contributed by atoms with E-state index in [-0.39, 0.29) is 12.5 Å². The summed E-state index contributed by atoms with van der Waals surface area (Å²) in [5, 5.41) is 0. The molecule has 4 N–H and O–H groups in total. The molecule has 0 fully saturated rings. The molecule has 0 spiro atoms. The summed E-state index contributed by atoms with van der Waals surface area (Å²) >= 11 is 0. The average molecular weight is 502 g/mol. The second kappa shape index (κ2) is 12.7. The van der Waals surface area contributed by atoms with Crippen molar-refractivity contribution in [1.29, 1.82) is 0 Å². The Morgan fingerprint density at radius 2 is 1.70 bits per heavy atom. The second-order valence-electron chi connectivity index (χ2n) is 9.17. The van der Waals surface area contributed by atoms with Gasteiger partial charge in [0.15, 0.2) is 6.29 Å². The van der Waals surface area contributed by atoms with E-state index >= 15 is 0 Å². The number of nitrogens with zero attached hydrogens (tertiary/aromatic N) is 3. The van der Waals surface area contributed by atoms with Gasteiger partial charge in [-0.1, -0.05) is 38.1 Å². The zero-order valence-corrected chi connectivity index (χ0v) is 21.7. The summed E-state index contributed by atoms with van der Waals surface area (Å²) in [5.41, 5.74) is 16.7. The topological polar surface area (TPSA) is 122 Å². The van der Waals surface area contributed by atoms with E-state index in [0.29, 0.717) is 47.7 Å². The Morgan fingerprint density at radius 3 is 2.35 bits per heavy atom. The summed E-state index contributed by atoms with van der Waals surface area (Å²) in [6.45, 7) is 5.61. The van der Waals surface area contributed by atoms with Gasteiger partial charge in [-0.05, 0) is 60.0 Å². The summed E-state index contributed by atoms with van der Waals surface area (Å²) in [7, 11) is 1.73. The Labute approximate surface area is 218 Å². The lowest BCUT2D eigenvalue weighted by Crippen LogP contribution is -2.34. The molecule has 0 unspecified atom stereocenters. The molecule has 2 amide bonds. The van der Waals surface area contributed by atoms with Gasteiger partial charge in [0.1, 0.15) is 5.84 Å². The number of hydrogen-bond donors (Lipinski definition) is 2. The lowest BCUT2D eigenvalue weighted by Gasteiger charge is -2.22. The number of carbonyl (C=O) groups is 3. The largest absolute Gasteiger partial charge is 0.387 e. The van der Waals surface area contributed by atoms with Gasteiger partial charge in [0.05, 0.1) is 12.2 Å². The number of aldehydes is 1. The van der Waals surface area contributed by atoms with Crippen LogP contribution in [0.4, 0.5) is 5.69 Å². The van der Waals surface area contributed by atoms with Crippen LogP contribution in [0, 0.1) is 0 Å². The van der Waals surface area contributed by atoms with Crippen molar-refractivity contribution in [2.75, 3.05) is 26.7 Å². The van der Waals surface area contributed by atoms with Crippen LogP contribution in [-0.2, 0) is 9.59 Å². The molecule has 2 aromatic rings. The molecular weight excluding hydrogens is 466 g/mol. The Morgan fingerprint density at radius 1 is 1.03 bits per heavy atom. The predicted molar refractivity (Wildman–Crippen MR) is 149 cm³/mol. The fourth-order valence-corrected chi connectivity index (χ4v) is 4.28. The van der Waals surface area contributed by atoms with Gasteiger partial charge in [-0.3, -0.25) is 14.4 Å². The summed E-state index contributed by atoms with van der Waals surface area (Å²) in [5.74, 6) is -0.0505. The maximum atomic E-state index is 13.2. The molecule has 0 saturated carbocycles. The number of nitrogens with two attached hydrogens (primary N) is 2. The van der Waals surface area contributed by atoms with Crippen molar-refractivity contribution >= 4 is 41.8 Å². The van der Waals surface area contributed by atoms with E-state index in [0.717, 1.165) is 35.8 Å². The minimum atomic E-state index is -0.441. The van der Waals surface area contributed by atoms with E-state index in [9.17, 15) is 14.4 Å². The van der Waals surface area contributed by atoms with Crippen LogP contribution in [0.15, 0.2) is 53.2 Å². The van der Waals surface area contributed by atoms with Crippen LogP contribution in [0.2, 0.25) is 0 Å². The summed E-state index contributed by atoms with van der Waals surface area (Å²) in [6.07, 6.45) is 8.25. The molecule has 0 bridgehead atoms. The first-order valence-corrected chi connectivity index (χ1v) is 12.5. The van der Waals surface area contributed by atoms with Crippen LogP contribution in [-0.4, -0.2) is 60.4 Å². The number of amides is 2. The van der Waals surface area contributed by atoms with Crippen LogP contribution < -0.4 is 11.5 Å². The molecule has 8 heteroatoms. The van der Waals surface area contributed by atoms with Crippen molar-refractivity contribution in [3.05, 3.63) is 64.9 Å². The SMILES string of the molecule is CCCN(CCC)C(=O)C1=Cc2ccc(-c3ccc(C=O)c(/C=C\N(C)CC(N)=O)c3)cc2N=C(N)C1. The van der Waals surface area contributed by atoms with Crippen LogP contribution in [0.25, 0.3) is 23.3 Å². The van der Waals surface area contributed by atoms with E-state index < -0.39 is 5.91 Å². The predicted octanol–water partition coefficient (Wildman–Crippen LogP) is 3.98. The lowest BCUT2D eigenvalue weighted by molar-refractivity contribution is -0.127. The number of likely N-dealkylation sites (N-methyl/N-ethyl adjacent to an activating group) is 1. The van der Waals surface area contributed by atoms with Crippen molar-refractivity contribution in [2.45, 2.75) is 33.1 Å². The summed E-state index contributed by atoms with van der Waals surface area (Å²) in [4.78, 5) is 44.1. The Bertz CT molecular complexity index is 1260. The van der Waals surface area contributed by atoms with Crippen LogP contribution in [0.1, 0.15) is 54.6 Å². The minimum Gasteiger partial charge on any atom is -0.387 e. The minimum absolute atomic E-state index is 0.000890. The van der Waals surface area contributed by atoms with Crippen molar-refractivity contribution in [2.24, 2.45) is 16.5 Å². The van der Waals surface area contributed by atoms with Crippen LogP contribution >= 0.6 is 0 Å². The van der Waals surface area contributed by atoms with Crippen LogP contribution in [0.3, 0.4) is 0 Å². The van der Waals surface area contributed by atoms with E-state index in [1.54, 1.807) is 30.3 Å². The smallest absolute Gasteiger partial charge is 0.250 e. The molecule has 0 aromatic heterocycles. The molecule has 3 rings (SSSR count). The average Bonchev–Trinajstić information content (AvgIpc) is 3.03. The highest BCUT2D eigenvalue weighted by molar-refractivity contribution is 6.05. The quantitative estimate of drug-likeness (QED) is 0.451. The van der Waals surface area contributed by atoms with Gasteiger partial charge in [0, 0.05) is 43.3 Å². The number of rotatable bonds is 11. The van der Waals surface area contributed by atoms with Gasteiger partial charge in [0.25, 0.3) is 0 Å². The van der Waals surface area contributed by atoms with E-state index in [4.69, 9.17) is 11.5 Å². The standard InChI is InChI=1S/C29H35N5O3/c1-4-11-34(12-5-2)29(37)25-15-23-8-6-21(16-26(23)32-27(30)17-25)20-7-9-24(19-35)22(14-20)10-13-33(3)18-28(31)36/h6-10,13-16,19H,4-5,11-12,17-18H2,1-3H3,(H2,30,32)(H2,31,36)/b13-10-. The highest BCUT2D eigenvalue weighted by Gasteiger charge is 2.21. The first-order chi connectivity index (χ1) is 17.7. The van der Waals surface area contributed by atoms with E-state index in [2.05, 4.69) is 18.8 Å². The maximum absolute atomic E-state index is 13.2.